The minimum Gasteiger partial charge on any atom is -0.482 e. The van der Waals surface area contributed by atoms with Crippen molar-refractivity contribution in [3.8, 4) is 5.75 Å². The van der Waals surface area contributed by atoms with Crippen molar-refractivity contribution in [2.75, 3.05) is 25.5 Å². The number of nitrogens with zero attached hydrogens (tertiary/aromatic N) is 1. The Bertz CT molecular complexity index is 821. The third-order valence-electron chi connectivity index (χ3n) is 3.91. The summed E-state index contributed by atoms with van der Waals surface area (Å²) in [4.78, 5) is 26.9. The van der Waals surface area contributed by atoms with E-state index in [9.17, 15) is 14.7 Å². The van der Waals surface area contributed by atoms with Crippen LogP contribution >= 0.6 is 22.9 Å². The fourth-order valence-electron chi connectivity index (χ4n) is 2.71. The summed E-state index contributed by atoms with van der Waals surface area (Å²) in [7, 11) is 1.98. The number of anilines is 1. The van der Waals surface area contributed by atoms with E-state index in [4.69, 9.17) is 16.3 Å². The van der Waals surface area contributed by atoms with Crippen LogP contribution in [0.3, 0.4) is 0 Å². The third-order valence-corrected chi connectivity index (χ3v) is 5.35. The number of thiophene rings is 1. The zero-order chi connectivity index (χ0) is 18.0. The fourth-order valence-corrected chi connectivity index (χ4v) is 4.24. The summed E-state index contributed by atoms with van der Waals surface area (Å²) in [5.74, 6) is -1.04. The van der Waals surface area contributed by atoms with E-state index in [1.807, 2.05) is 7.05 Å². The molecule has 0 aliphatic carbocycles. The molecular weight excluding hydrogens is 364 g/mol. The molecule has 2 heterocycles. The Hall–Kier alpha value is -2.09. The molecule has 1 amide bonds. The SMILES string of the molecule is CN1CCc2c(sc(NC(=O)COc3ccccc3Cl)c2C(=O)O)C1. The summed E-state index contributed by atoms with van der Waals surface area (Å²) in [6, 6.07) is 6.85. The molecule has 132 valence electrons. The van der Waals surface area contributed by atoms with Gasteiger partial charge in [0.15, 0.2) is 6.61 Å². The molecule has 0 atom stereocenters. The van der Waals surface area contributed by atoms with Gasteiger partial charge in [0.2, 0.25) is 0 Å². The first kappa shape index (κ1) is 17.7. The molecule has 0 fully saturated rings. The lowest BCUT2D eigenvalue weighted by Gasteiger charge is -2.22. The van der Waals surface area contributed by atoms with Crippen LogP contribution in [-0.2, 0) is 17.8 Å². The van der Waals surface area contributed by atoms with Crippen LogP contribution in [0.2, 0.25) is 5.02 Å². The highest BCUT2D eigenvalue weighted by atomic mass is 35.5. The van der Waals surface area contributed by atoms with E-state index in [0.29, 0.717) is 28.7 Å². The second kappa shape index (κ2) is 7.43. The largest absolute Gasteiger partial charge is 0.482 e. The fraction of sp³-hybridized carbons (Fsp3) is 0.294. The first-order valence-corrected chi connectivity index (χ1v) is 8.88. The van der Waals surface area contributed by atoms with Gasteiger partial charge >= 0.3 is 5.97 Å². The van der Waals surface area contributed by atoms with Crippen LogP contribution in [0.1, 0.15) is 20.8 Å². The number of benzene rings is 1. The highest BCUT2D eigenvalue weighted by molar-refractivity contribution is 7.17. The van der Waals surface area contributed by atoms with Crippen molar-refractivity contribution in [3.05, 3.63) is 45.3 Å². The molecule has 0 bridgehead atoms. The zero-order valence-electron chi connectivity index (χ0n) is 13.5. The molecule has 0 unspecified atom stereocenters. The molecular formula is C17H17ClN2O4S. The Morgan fingerprint density at radius 2 is 2.16 bits per heavy atom. The van der Waals surface area contributed by atoms with Gasteiger partial charge in [-0.3, -0.25) is 4.79 Å². The lowest BCUT2D eigenvalue weighted by atomic mass is 10.0. The number of ether oxygens (including phenoxy) is 1. The van der Waals surface area contributed by atoms with E-state index in [1.165, 1.54) is 11.3 Å². The maximum absolute atomic E-state index is 12.2. The average Bonchev–Trinajstić information content (AvgIpc) is 2.91. The van der Waals surface area contributed by atoms with Gasteiger partial charge in [-0.25, -0.2) is 4.79 Å². The second-order valence-electron chi connectivity index (χ2n) is 5.77. The van der Waals surface area contributed by atoms with Crippen LogP contribution in [0.25, 0.3) is 0 Å². The molecule has 1 aromatic carbocycles. The molecule has 0 spiro atoms. The molecule has 6 nitrogen and oxygen atoms in total. The van der Waals surface area contributed by atoms with Gasteiger partial charge in [-0.1, -0.05) is 23.7 Å². The minimum absolute atomic E-state index is 0.194. The number of amides is 1. The number of carboxylic acid groups (broad SMARTS) is 1. The van der Waals surface area contributed by atoms with Crippen LogP contribution in [0.15, 0.2) is 24.3 Å². The average molecular weight is 381 g/mol. The smallest absolute Gasteiger partial charge is 0.339 e. The molecule has 25 heavy (non-hydrogen) atoms. The van der Waals surface area contributed by atoms with Gasteiger partial charge in [-0.15, -0.1) is 11.3 Å². The maximum atomic E-state index is 12.2. The molecule has 0 saturated carbocycles. The second-order valence-corrected chi connectivity index (χ2v) is 7.28. The summed E-state index contributed by atoms with van der Waals surface area (Å²) in [5.41, 5.74) is 1.01. The predicted molar refractivity (Wildman–Crippen MR) is 96.9 cm³/mol. The molecule has 1 aliphatic rings. The van der Waals surface area contributed by atoms with Crippen LogP contribution in [0, 0.1) is 0 Å². The highest BCUT2D eigenvalue weighted by Gasteiger charge is 2.27. The third kappa shape index (κ3) is 3.95. The molecule has 8 heteroatoms. The van der Waals surface area contributed by atoms with Gasteiger partial charge in [0.25, 0.3) is 5.91 Å². The summed E-state index contributed by atoms with van der Waals surface area (Å²) in [6.45, 7) is 1.24. The van der Waals surface area contributed by atoms with Crippen molar-refractivity contribution >= 4 is 39.8 Å². The van der Waals surface area contributed by atoms with Crippen molar-refractivity contribution in [1.29, 1.82) is 0 Å². The Labute approximate surface area is 154 Å². The summed E-state index contributed by atoms with van der Waals surface area (Å²) < 4.78 is 5.40. The van der Waals surface area contributed by atoms with E-state index in [1.54, 1.807) is 24.3 Å². The number of carboxylic acids is 1. The number of halogens is 1. The van der Waals surface area contributed by atoms with Gasteiger partial charge in [0, 0.05) is 18.0 Å². The molecule has 1 aromatic heterocycles. The highest BCUT2D eigenvalue weighted by Crippen LogP contribution is 2.36. The van der Waals surface area contributed by atoms with E-state index in [0.717, 1.165) is 17.0 Å². The van der Waals surface area contributed by atoms with E-state index >= 15 is 0 Å². The van der Waals surface area contributed by atoms with Crippen molar-refractivity contribution in [2.45, 2.75) is 13.0 Å². The summed E-state index contributed by atoms with van der Waals surface area (Å²) in [6.07, 6.45) is 0.663. The summed E-state index contributed by atoms with van der Waals surface area (Å²) >= 11 is 7.29. The number of carbonyl (C=O) groups is 2. The predicted octanol–water partition coefficient (Wildman–Crippen LogP) is 3.11. The van der Waals surface area contributed by atoms with Crippen molar-refractivity contribution in [3.63, 3.8) is 0 Å². The molecule has 0 radical (unpaired) electrons. The van der Waals surface area contributed by atoms with Crippen LogP contribution in [0.4, 0.5) is 5.00 Å². The quantitative estimate of drug-likeness (QED) is 0.833. The Morgan fingerprint density at radius 3 is 2.88 bits per heavy atom. The van der Waals surface area contributed by atoms with Gasteiger partial charge in [0.05, 0.1) is 10.6 Å². The molecule has 1 aliphatic heterocycles. The van der Waals surface area contributed by atoms with E-state index in [2.05, 4.69) is 10.2 Å². The number of carbonyl (C=O) groups excluding carboxylic acids is 1. The number of fused-ring (bicyclic) bond motifs is 1. The maximum Gasteiger partial charge on any atom is 0.339 e. The Kier molecular flexibility index (Phi) is 5.27. The number of rotatable bonds is 5. The number of nitrogens with one attached hydrogen (secondary N) is 1. The van der Waals surface area contributed by atoms with Crippen LogP contribution in [0.5, 0.6) is 5.75 Å². The van der Waals surface area contributed by atoms with E-state index in [-0.39, 0.29) is 12.2 Å². The normalized spacial score (nSPS) is 14.0. The minimum atomic E-state index is -1.02. The Balaban J connectivity index is 1.73. The van der Waals surface area contributed by atoms with Gasteiger partial charge in [-0.2, -0.15) is 0 Å². The van der Waals surface area contributed by atoms with Crippen LogP contribution in [-0.4, -0.2) is 42.1 Å². The lowest BCUT2D eigenvalue weighted by Crippen LogP contribution is -2.26. The van der Waals surface area contributed by atoms with Crippen molar-refractivity contribution in [1.82, 2.24) is 4.90 Å². The molecule has 2 aromatic rings. The number of para-hydroxylation sites is 1. The van der Waals surface area contributed by atoms with Crippen molar-refractivity contribution in [2.24, 2.45) is 0 Å². The molecule has 0 saturated heterocycles. The van der Waals surface area contributed by atoms with Crippen LogP contribution < -0.4 is 10.1 Å². The topological polar surface area (TPSA) is 78.9 Å². The first-order valence-electron chi connectivity index (χ1n) is 7.69. The summed E-state index contributed by atoms with van der Waals surface area (Å²) in [5, 5.41) is 13.0. The first-order chi connectivity index (χ1) is 12.0. The molecule has 3 rings (SSSR count). The number of hydrogen-bond acceptors (Lipinski definition) is 5. The standard InChI is InChI=1S/C17H17ClN2O4S/c1-20-7-6-10-13(8-20)25-16(15(10)17(22)23)19-14(21)9-24-12-5-3-2-4-11(12)18/h2-5H,6-9H2,1H3,(H,19,21)(H,22,23). The molecule has 2 N–H and O–H groups in total. The van der Waals surface area contributed by atoms with Crippen molar-refractivity contribution < 1.29 is 19.4 Å². The van der Waals surface area contributed by atoms with Gasteiger partial charge < -0.3 is 20.1 Å². The lowest BCUT2D eigenvalue weighted by molar-refractivity contribution is -0.118. The zero-order valence-corrected chi connectivity index (χ0v) is 15.1. The number of aromatic carboxylic acids is 1. The monoisotopic (exact) mass is 380 g/mol. The Morgan fingerprint density at radius 1 is 1.40 bits per heavy atom. The van der Waals surface area contributed by atoms with Gasteiger partial charge in [-0.05, 0) is 31.2 Å². The number of hydrogen-bond donors (Lipinski definition) is 2. The number of likely N-dealkylation sites (N-methyl/N-ethyl adjacent to an activating group) is 1. The van der Waals surface area contributed by atoms with Gasteiger partial charge in [0.1, 0.15) is 10.8 Å². The van der Waals surface area contributed by atoms with E-state index < -0.39 is 11.9 Å².